The summed E-state index contributed by atoms with van der Waals surface area (Å²) in [7, 11) is 1.66. The van der Waals surface area contributed by atoms with Gasteiger partial charge in [0.1, 0.15) is 5.75 Å². The fourth-order valence-electron chi connectivity index (χ4n) is 4.32. The van der Waals surface area contributed by atoms with Crippen molar-refractivity contribution in [1.29, 1.82) is 0 Å². The molecule has 1 aliphatic heterocycles. The van der Waals surface area contributed by atoms with E-state index >= 15 is 0 Å². The lowest BCUT2D eigenvalue weighted by atomic mass is 9.88. The van der Waals surface area contributed by atoms with Gasteiger partial charge in [0, 0.05) is 24.8 Å². The highest BCUT2D eigenvalue weighted by Crippen LogP contribution is 2.38. The van der Waals surface area contributed by atoms with E-state index in [1.165, 1.54) is 0 Å². The van der Waals surface area contributed by atoms with E-state index in [0.717, 1.165) is 39.4 Å². The highest BCUT2D eigenvalue weighted by molar-refractivity contribution is 5.90. The number of fused-ring (bicyclic) bond motifs is 1. The van der Waals surface area contributed by atoms with Crippen molar-refractivity contribution in [2.45, 2.75) is 19.0 Å². The van der Waals surface area contributed by atoms with Crippen molar-refractivity contribution in [3.63, 3.8) is 0 Å². The normalized spacial score (nSPS) is 14.9. The lowest BCUT2D eigenvalue weighted by molar-refractivity contribution is 0.175. The topological polar surface area (TPSA) is 67.4 Å². The molecule has 1 unspecified atom stereocenters. The zero-order valence-corrected chi connectivity index (χ0v) is 18.3. The minimum atomic E-state index is -0.184. The van der Waals surface area contributed by atoms with E-state index in [1.54, 1.807) is 13.3 Å². The second kappa shape index (κ2) is 9.12. The first-order valence-electron chi connectivity index (χ1n) is 10.9. The summed E-state index contributed by atoms with van der Waals surface area (Å²) in [6.45, 7) is 0.463. The fraction of sp³-hybridized carbons (Fsp3) is 0.148. The Labute approximate surface area is 192 Å². The highest BCUT2D eigenvalue weighted by Gasteiger charge is 2.33. The molecular formula is C27H24N4O2. The van der Waals surface area contributed by atoms with Crippen LogP contribution in [-0.4, -0.2) is 28.2 Å². The molecule has 33 heavy (non-hydrogen) atoms. The number of ether oxygens (including phenoxy) is 1. The second-order valence-electron chi connectivity index (χ2n) is 7.96. The summed E-state index contributed by atoms with van der Waals surface area (Å²) < 4.78 is 5.32. The van der Waals surface area contributed by atoms with Crippen LogP contribution in [0.3, 0.4) is 0 Å². The first-order valence-corrected chi connectivity index (χ1v) is 10.9. The Morgan fingerprint density at radius 2 is 1.73 bits per heavy atom. The lowest BCUT2D eigenvalue weighted by Crippen LogP contribution is -2.42. The van der Waals surface area contributed by atoms with Crippen LogP contribution in [0.4, 0.5) is 10.5 Å². The van der Waals surface area contributed by atoms with Gasteiger partial charge in [0.2, 0.25) is 0 Å². The number of hydrogen-bond donors (Lipinski definition) is 1. The highest BCUT2D eigenvalue weighted by atomic mass is 16.5. The van der Waals surface area contributed by atoms with E-state index in [4.69, 9.17) is 4.74 Å². The maximum absolute atomic E-state index is 13.5. The number of carbonyl (C=O) groups excluding carboxylic acids is 1. The summed E-state index contributed by atoms with van der Waals surface area (Å²) in [5.41, 5.74) is 5.93. The van der Waals surface area contributed by atoms with E-state index in [-0.39, 0.29) is 12.1 Å². The Bertz CT molecular complexity index is 1260. The minimum absolute atomic E-state index is 0.141. The largest absolute Gasteiger partial charge is 0.497 e. The monoisotopic (exact) mass is 436 g/mol. The molecule has 6 nitrogen and oxygen atoms in total. The van der Waals surface area contributed by atoms with Gasteiger partial charge in [0.15, 0.2) is 0 Å². The Morgan fingerprint density at radius 1 is 0.970 bits per heavy atom. The predicted octanol–water partition coefficient (Wildman–Crippen LogP) is 5.48. The first-order chi connectivity index (χ1) is 16.2. The number of methoxy groups -OCH3 is 1. The molecule has 1 aliphatic rings. The number of para-hydroxylation sites is 1. The zero-order valence-electron chi connectivity index (χ0n) is 18.3. The average molecular weight is 437 g/mol. The van der Waals surface area contributed by atoms with Crippen LogP contribution in [0.5, 0.6) is 5.75 Å². The Kier molecular flexibility index (Phi) is 5.72. The molecule has 0 saturated heterocycles. The number of benzene rings is 3. The van der Waals surface area contributed by atoms with Gasteiger partial charge in [-0.3, -0.25) is 0 Å². The predicted molar refractivity (Wildman–Crippen MR) is 128 cm³/mol. The number of nitrogens with one attached hydrogen (secondary N) is 1. The lowest BCUT2D eigenvalue weighted by Gasteiger charge is -2.37. The van der Waals surface area contributed by atoms with E-state index in [9.17, 15) is 4.79 Å². The third kappa shape index (κ3) is 4.28. The van der Waals surface area contributed by atoms with Gasteiger partial charge in [-0.05, 0) is 52.6 Å². The van der Waals surface area contributed by atoms with Crippen molar-refractivity contribution >= 4 is 11.7 Å². The number of urea groups is 1. The Balaban J connectivity index is 1.55. The van der Waals surface area contributed by atoms with Crippen molar-refractivity contribution < 1.29 is 9.53 Å². The smallest absolute Gasteiger partial charge is 0.322 e. The summed E-state index contributed by atoms with van der Waals surface area (Å²) >= 11 is 0. The second-order valence-corrected chi connectivity index (χ2v) is 7.96. The number of rotatable bonds is 4. The van der Waals surface area contributed by atoms with Crippen LogP contribution >= 0.6 is 0 Å². The molecule has 0 fully saturated rings. The molecule has 0 saturated carbocycles. The molecule has 4 aromatic rings. The first kappa shape index (κ1) is 20.7. The Hall–Kier alpha value is -4.19. The van der Waals surface area contributed by atoms with Crippen LogP contribution in [0.15, 0.2) is 91.1 Å². The summed E-state index contributed by atoms with van der Waals surface area (Å²) in [6, 6.07) is 27.4. The quantitative estimate of drug-likeness (QED) is 0.460. The van der Waals surface area contributed by atoms with Gasteiger partial charge in [0.25, 0.3) is 0 Å². The van der Waals surface area contributed by atoms with Crippen molar-refractivity contribution in [3.05, 3.63) is 108 Å². The molecule has 0 spiro atoms. The molecule has 0 bridgehead atoms. The number of amides is 2. The van der Waals surface area contributed by atoms with Crippen molar-refractivity contribution in [1.82, 2.24) is 15.1 Å². The van der Waals surface area contributed by atoms with Crippen LogP contribution < -0.4 is 10.1 Å². The molecule has 5 rings (SSSR count). The van der Waals surface area contributed by atoms with Crippen LogP contribution in [-0.2, 0) is 13.0 Å². The van der Waals surface area contributed by atoms with Gasteiger partial charge >= 0.3 is 6.03 Å². The number of nitrogens with zero attached hydrogens (tertiary/aromatic N) is 3. The van der Waals surface area contributed by atoms with Crippen LogP contribution in [0.2, 0.25) is 0 Å². The summed E-state index contributed by atoms with van der Waals surface area (Å²) in [4.78, 5) is 15.3. The van der Waals surface area contributed by atoms with Gasteiger partial charge in [-0.1, -0.05) is 54.6 Å². The molecule has 1 aromatic heterocycles. The van der Waals surface area contributed by atoms with Crippen molar-refractivity contribution in [2.75, 3.05) is 12.4 Å². The number of anilines is 1. The summed E-state index contributed by atoms with van der Waals surface area (Å²) in [5.74, 6) is 0.807. The maximum atomic E-state index is 13.5. The number of aromatic nitrogens is 2. The van der Waals surface area contributed by atoms with Crippen molar-refractivity contribution in [3.8, 4) is 16.9 Å². The molecule has 2 heterocycles. The number of hydrogen-bond acceptors (Lipinski definition) is 4. The molecule has 0 aliphatic carbocycles. The van der Waals surface area contributed by atoms with Gasteiger partial charge in [0.05, 0.1) is 18.8 Å². The van der Waals surface area contributed by atoms with Gasteiger partial charge in [-0.25, -0.2) is 4.79 Å². The summed E-state index contributed by atoms with van der Waals surface area (Å²) in [6.07, 6.45) is 2.27. The standard InChI is InChI=1S/C27H24N4O2/c1-33-22-13-11-19(12-14-22)23-9-5-6-10-24(23)26-17-25-20(15-16-28-30-25)18-31(26)27(32)29-21-7-3-2-4-8-21/h2-16,26H,17-18H2,1H3,(H,29,32). The van der Waals surface area contributed by atoms with Crippen LogP contribution in [0.1, 0.15) is 22.9 Å². The maximum Gasteiger partial charge on any atom is 0.322 e. The molecule has 1 atom stereocenters. The average Bonchev–Trinajstić information content (AvgIpc) is 2.88. The van der Waals surface area contributed by atoms with Gasteiger partial charge in [-0.2, -0.15) is 10.2 Å². The van der Waals surface area contributed by atoms with Crippen LogP contribution in [0, 0.1) is 0 Å². The molecule has 1 N–H and O–H groups in total. The fourth-order valence-corrected chi connectivity index (χ4v) is 4.32. The van der Waals surface area contributed by atoms with Gasteiger partial charge < -0.3 is 15.0 Å². The van der Waals surface area contributed by atoms with E-state index in [2.05, 4.69) is 27.6 Å². The van der Waals surface area contributed by atoms with Crippen molar-refractivity contribution in [2.24, 2.45) is 0 Å². The Morgan fingerprint density at radius 3 is 2.52 bits per heavy atom. The zero-order chi connectivity index (χ0) is 22.6. The van der Waals surface area contributed by atoms with E-state index in [0.29, 0.717) is 13.0 Å². The summed E-state index contributed by atoms with van der Waals surface area (Å²) in [5, 5.41) is 11.5. The molecule has 3 aromatic carbocycles. The van der Waals surface area contributed by atoms with Gasteiger partial charge in [-0.15, -0.1) is 0 Å². The third-order valence-electron chi connectivity index (χ3n) is 6.00. The molecular weight excluding hydrogens is 412 g/mol. The van der Waals surface area contributed by atoms with E-state index in [1.807, 2.05) is 77.7 Å². The van der Waals surface area contributed by atoms with E-state index < -0.39 is 0 Å². The molecule has 2 amide bonds. The molecule has 6 heteroatoms. The van der Waals surface area contributed by atoms with Crippen LogP contribution in [0.25, 0.3) is 11.1 Å². The number of carbonyl (C=O) groups is 1. The SMILES string of the molecule is COc1ccc(-c2ccccc2C2Cc3nnccc3CN2C(=O)Nc2ccccc2)cc1. The molecule has 164 valence electrons. The molecule has 0 radical (unpaired) electrons. The minimum Gasteiger partial charge on any atom is -0.497 e. The third-order valence-corrected chi connectivity index (χ3v) is 6.00.